The molecule has 0 aliphatic heterocycles. The molecule has 0 spiro atoms. The van der Waals surface area contributed by atoms with Gasteiger partial charge in [0.2, 0.25) is 5.78 Å². The normalized spacial score (nSPS) is 13.0. The Morgan fingerprint density at radius 1 is 0.882 bits per heavy atom. The van der Waals surface area contributed by atoms with E-state index >= 15 is 0 Å². The van der Waals surface area contributed by atoms with Gasteiger partial charge in [-0.15, -0.1) is 0 Å². The van der Waals surface area contributed by atoms with Crippen LogP contribution >= 0.6 is 0 Å². The third-order valence-electron chi connectivity index (χ3n) is 5.99. The first-order valence-electron chi connectivity index (χ1n) is 11.4. The van der Waals surface area contributed by atoms with E-state index in [2.05, 4.69) is 0 Å². The summed E-state index contributed by atoms with van der Waals surface area (Å²) in [6, 6.07) is 16.9. The van der Waals surface area contributed by atoms with E-state index in [1.54, 1.807) is 6.07 Å². The van der Waals surface area contributed by atoms with Crippen LogP contribution < -0.4 is 17.1 Å². The van der Waals surface area contributed by atoms with E-state index in [0.717, 1.165) is 5.75 Å². The molecule has 0 saturated carbocycles. The van der Waals surface area contributed by atoms with E-state index in [-0.39, 0.29) is 52.4 Å². The van der Waals surface area contributed by atoms with E-state index < -0.39 is 5.72 Å². The molecule has 0 aliphatic rings. The van der Waals surface area contributed by atoms with Crippen molar-refractivity contribution >= 4 is 11.6 Å². The number of quaternary nitrogens is 1. The van der Waals surface area contributed by atoms with Crippen LogP contribution in [0.3, 0.4) is 0 Å². The predicted octanol–water partition coefficient (Wildman–Crippen LogP) is 1.27. The second-order valence-electron chi connectivity index (χ2n) is 9.24. The number of halogens is 1. The van der Waals surface area contributed by atoms with Crippen molar-refractivity contribution in [1.82, 2.24) is 0 Å². The Bertz CT molecular complexity index is 914. The van der Waals surface area contributed by atoms with Crippen molar-refractivity contribution in [2.24, 2.45) is 11.8 Å². The molecule has 2 rings (SSSR count). The second-order valence-corrected chi connectivity index (χ2v) is 9.24. The van der Waals surface area contributed by atoms with Crippen LogP contribution in [0.4, 0.5) is 0 Å². The lowest BCUT2D eigenvalue weighted by Gasteiger charge is -2.47. The van der Waals surface area contributed by atoms with Gasteiger partial charge in [0.1, 0.15) is 12.4 Å². The first kappa shape index (κ1) is 31.8. The summed E-state index contributed by atoms with van der Waals surface area (Å²) in [5, 5.41) is 0. The van der Waals surface area contributed by atoms with Crippen molar-refractivity contribution in [3.63, 3.8) is 0 Å². The summed E-state index contributed by atoms with van der Waals surface area (Å²) in [6.07, 6.45) is 0. The van der Waals surface area contributed by atoms with E-state index in [4.69, 9.17) is 9.47 Å². The number of hydrogen-bond donors (Lipinski definition) is 0. The average molecular weight is 494 g/mol. The number of benzene rings is 2. The van der Waals surface area contributed by atoms with Gasteiger partial charge in [0.15, 0.2) is 5.78 Å². The summed E-state index contributed by atoms with van der Waals surface area (Å²) in [6.45, 7) is 10.7. The van der Waals surface area contributed by atoms with Crippen LogP contribution in [0.5, 0.6) is 5.75 Å². The topological polar surface area (TPSA) is 84.1 Å². The van der Waals surface area contributed by atoms with E-state index in [0.29, 0.717) is 24.3 Å². The van der Waals surface area contributed by atoms with Crippen molar-refractivity contribution in [2.45, 2.75) is 40.3 Å². The number of para-hydroxylation sites is 1. The summed E-state index contributed by atoms with van der Waals surface area (Å²) in [5.41, 5.74) is -0.159. The quantitative estimate of drug-likeness (QED) is 0.193. The molecule has 2 aromatic rings. The number of hydrogen-bond acceptors (Lipinski definition) is 4. The highest BCUT2D eigenvalue weighted by molar-refractivity contribution is 6.01. The summed E-state index contributed by atoms with van der Waals surface area (Å²) < 4.78 is 12.6. The maximum absolute atomic E-state index is 13.9. The van der Waals surface area contributed by atoms with Gasteiger partial charge in [0.25, 0.3) is 5.72 Å². The van der Waals surface area contributed by atoms with E-state index in [9.17, 15) is 9.59 Å². The lowest BCUT2D eigenvalue weighted by atomic mass is 9.83. The fourth-order valence-electron chi connectivity index (χ4n) is 3.86. The molecule has 0 aromatic heterocycles. The number of carbonyl (C=O) groups is 2. The monoisotopic (exact) mass is 493 g/mol. The Hall–Kier alpha value is -2.25. The van der Waals surface area contributed by atoms with Crippen molar-refractivity contribution < 1.29 is 41.4 Å². The first-order valence-corrected chi connectivity index (χ1v) is 11.4. The zero-order chi connectivity index (χ0) is 23.9. The van der Waals surface area contributed by atoms with Gasteiger partial charge in [-0.2, -0.15) is 0 Å². The third kappa shape index (κ3) is 6.66. The summed E-state index contributed by atoms with van der Waals surface area (Å²) in [4.78, 5) is 27.0. The molecule has 0 aliphatic carbocycles. The van der Waals surface area contributed by atoms with Gasteiger partial charge < -0.3 is 27.4 Å². The number of ether oxygens (including phenoxy) is 2. The smallest absolute Gasteiger partial charge is 0.291 e. The molecule has 2 N–H and O–H groups in total. The van der Waals surface area contributed by atoms with Crippen molar-refractivity contribution in [3.8, 4) is 5.75 Å². The molecule has 1 unspecified atom stereocenters. The van der Waals surface area contributed by atoms with Crippen molar-refractivity contribution in [3.05, 3.63) is 65.7 Å². The zero-order valence-electron chi connectivity index (χ0n) is 21.4. The van der Waals surface area contributed by atoms with Gasteiger partial charge in [0, 0.05) is 17.4 Å². The number of carbonyl (C=O) groups excluding carboxylic acids is 2. The SMILES string of the molecule is CC[N+](C)(C)C(OCCOc1ccccc1)(C(=O)C(C)C)c1ccccc1C(=O)C(C)C.O.[Cl-]. The van der Waals surface area contributed by atoms with Crippen LogP contribution in [0.15, 0.2) is 54.6 Å². The Morgan fingerprint density at radius 2 is 1.44 bits per heavy atom. The molecule has 34 heavy (non-hydrogen) atoms. The first-order chi connectivity index (χ1) is 15.1. The second kappa shape index (κ2) is 13.6. The van der Waals surface area contributed by atoms with Crippen LogP contribution in [-0.4, -0.2) is 55.4 Å². The number of ketones is 2. The minimum Gasteiger partial charge on any atom is -1.00 e. The van der Waals surface area contributed by atoms with Crippen LogP contribution in [0.1, 0.15) is 50.5 Å². The number of likely N-dealkylation sites (N-methyl/N-ethyl adjacent to an activating group) is 1. The molecule has 0 heterocycles. The molecule has 2 aromatic carbocycles. The predicted molar refractivity (Wildman–Crippen MR) is 131 cm³/mol. The van der Waals surface area contributed by atoms with Gasteiger partial charge in [-0.25, -0.2) is 0 Å². The van der Waals surface area contributed by atoms with Gasteiger partial charge in [-0.05, 0) is 25.1 Å². The molecule has 0 radical (unpaired) electrons. The minimum atomic E-state index is -1.33. The number of rotatable bonds is 12. The average Bonchev–Trinajstić information content (AvgIpc) is 2.78. The Labute approximate surface area is 210 Å². The molecule has 190 valence electrons. The lowest BCUT2D eigenvalue weighted by Crippen LogP contribution is -3.00. The maximum Gasteiger partial charge on any atom is 0.291 e. The number of nitrogens with zero attached hydrogens (tertiary/aromatic N) is 1. The van der Waals surface area contributed by atoms with Gasteiger partial charge in [-0.1, -0.05) is 64.1 Å². The van der Waals surface area contributed by atoms with Crippen LogP contribution in [0.25, 0.3) is 0 Å². The molecule has 1 atom stereocenters. The molecule has 6 nitrogen and oxygen atoms in total. The largest absolute Gasteiger partial charge is 1.00 e. The van der Waals surface area contributed by atoms with Gasteiger partial charge in [-0.3, -0.25) is 14.1 Å². The summed E-state index contributed by atoms with van der Waals surface area (Å²) in [7, 11) is 3.96. The Balaban J connectivity index is 0.00000544. The van der Waals surface area contributed by atoms with E-state index in [1.165, 1.54) is 0 Å². The van der Waals surface area contributed by atoms with Crippen LogP contribution in [-0.2, 0) is 15.3 Å². The third-order valence-corrected chi connectivity index (χ3v) is 5.99. The van der Waals surface area contributed by atoms with Crippen molar-refractivity contribution in [2.75, 3.05) is 33.9 Å². The zero-order valence-corrected chi connectivity index (χ0v) is 22.2. The maximum atomic E-state index is 13.9. The molecular weight excluding hydrogens is 454 g/mol. The molecule has 0 fully saturated rings. The molecule has 7 heteroatoms. The van der Waals surface area contributed by atoms with Gasteiger partial charge >= 0.3 is 0 Å². The molecule has 0 saturated heterocycles. The fraction of sp³-hybridized carbons (Fsp3) is 0.481. The molecular formula is C27H40ClNO5. The van der Waals surface area contributed by atoms with E-state index in [1.807, 2.05) is 97.2 Å². The van der Waals surface area contributed by atoms with Gasteiger partial charge in [0.05, 0.1) is 32.8 Å². The van der Waals surface area contributed by atoms with Crippen LogP contribution in [0.2, 0.25) is 0 Å². The lowest BCUT2D eigenvalue weighted by molar-refractivity contribution is -0.963. The summed E-state index contributed by atoms with van der Waals surface area (Å²) in [5.74, 6) is 0.226. The standard InChI is InChI=1S/C27H38NO4.ClH.H2O/c1-8-28(6,7)27(26(30)21(4)5,32-19-18-31-22-14-10-9-11-15-22)24-17-13-12-16-23(24)25(29)20(2)3;;/h9-17,20-21H,8,18-19H2,1-7H3;1H;1H2/q+1;;/p-1. The highest BCUT2D eigenvalue weighted by atomic mass is 35.5. The molecule has 0 amide bonds. The Kier molecular flexibility index (Phi) is 12.7. The Morgan fingerprint density at radius 3 is 1.97 bits per heavy atom. The summed E-state index contributed by atoms with van der Waals surface area (Å²) >= 11 is 0. The van der Waals surface area contributed by atoms with Crippen LogP contribution in [0, 0.1) is 11.8 Å². The highest BCUT2D eigenvalue weighted by Gasteiger charge is 2.56. The van der Waals surface area contributed by atoms with Crippen molar-refractivity contribution in [1.29, 1.82) is 0 Å². The number of Topliss-reactive ketones (excluding diaryl/α,β-unsaturated/α-hetero) is 2. The fourth-order valence-corrected chi connectivity index (χ4v) is 3.86. The minimum absolute atomic E-state index is 0. The highest BCUT2D eigenvalue weighted by Crippen LogP contribution is 2.40. The molecule has 0 bridgehead atoms.